The summed E-state index contributed by atoms with van der Waals surface area (Å²) in [7, 11) is 0. The molecule has 3 rings (SSSR count). The number of nitrogens with zero attached hydrogens (tertiary/aromatic N) is 4. The summed E-state index contributed by atoms with van der Waals surface area (Å²) in [6.45, 7) is 1.87. The van der Waals surface area contributed by atoms with Crippen molar-refractivity contribution in [3.8, 4) is 0 Å². The third-order valence-corrected chi connectivity index (χ3v) is 4.10. The number of nitrogens with one attached hydrogen (secondary N) is 1. The highest BCUT2D eigenvalue weighted by Gasteiger charge is 2.16. The van der Waals surface area contributed by atoms with Crippen LogP contribution in [0.3, 0.4) is 0 Å². The van der Waals surface area contributed by atoms with Crippen molar-refractivity contribution in [1.29, 1.82) is 0 Å². The van der Waals surface area contributed by atoms with Gasteiger partial charge in [0, 0.05) is 18.8 Å². The molecule has 1 aliphatic heterocycles. The SMILES string of the molecule is O=C(Cn1ccc([N+](=O)[O-])n1)Nc1ccc(N2CCCC2)c(Cl)c1. The average Bonchev–Trinajstić information content (AvgIpc) is 3.18. The van der Waals surface area contributed by atoms with E-state index in [0.29, 0.717) is 10.7 Å². The summed E-state index contributed by atoms with van der Waals surface area (Å²) in [5.74, 6) is -0.626. The van der Waals surface area contributed by atoms with Crippen LogP contribution in [-0.2, 0) is 11.3 Å². The lowest BCUT2D eigenvalue weighted by molar-refractivity contribution is -0.389. The zero-order valence-corrected chi connectivity index (χ0v) is 13.6. The molecule has 24 heavy (non-hydrogen) atoms. The molecule has 1 fully saturated rings. The van der Waals surface area contributed by atoms with E-state index in [0.717, 1.165) is 31.6 Å². The molecule has 1 aromatic carbocycles. The highest BCUT2D eigenvalue weighted by atomic mass is 35.5. The number of aromatic nitrogens is 2. The lowest BCUT2D eigenvalue weighted by atomic mass is 10.2. The van der Waals surface area contributed by atoms with Crippen LogP contribution in [0.2, 0.25) is 5.02 Å². The molecule has 0 spiro atoms. The fourth-order valence-electron chi connectivity index (χ4n) is 2.68. The molecule has 8 nitrogen and oxygen atoms in total. The fraction of sp³-hybridized carbons (Fsp3) is 0.333. The fourth-order valence-corrected chi connectivity index (χ4v) is 2.98. The Labute approximate surface area is 143 Å². The maximum Gasteiger partial charge on any atom is 0.389 e. The summed E-state index contributed by atoms with van der Waals surface area (Å²) in [5.41, 5.74) is 1.55. The smallest absolute Gasteiger partial charge is 0.370 e. The Kier molecular flexibility index (Phi) is 4.66. The number of halogens is 1. The second-order valence-corrected chi connectivity index (χ2v) is 5.94. The number of carbonyl (C=O) groups excluding carboxylic acids is 1. The van der Waals surface area contributed by atoms with Gasteiger partial charge in [0.1, 0.15) is 6.54 Å². The van der Waals surface area contributed by atoms with E-state index in [-0.39, 0.29) is 18.3 Å². The summed E-state index contributed by atoms with van der Waals surface area (Å²) >= 11 is 6.31. The van der Waals surface area contributed by atoms with Crippen LogP contribution in [0, 0.1) is 10.1 Å². The van der Waals surface area contributed by atoms with E-state index in [2.05, 4.69) is 15.3 Å². The first kappa shape index (κ1) is 16.3. The molecule has 2 heterocycles. The van der Waals surface area contributed by atoms with Crippen molar-refractivity contribution in [3.05, 3.63) is 45.6 Å². The number of hydrogen-bond donors (Lipinski definition) is 1. The number of hydrogen-bond acceptors (Lipinski definition) is 5. The van der Waals surface area contributed by atoms with Crippen LogP contribution in [0.15, 0.2) is 30.5 Å². The molecule has 1 saturated heterocycles. The summed E-state index contributed by atoms with van der Waals surface area (Å²) < 4.78 is 1.22. The Morgan fingerprint density at radius 1 is 1.33 bits per heavy atom. The van der Waals surface area contributed by atoms with Crippen molar-refractivity contribution < 1.29 is 9.72 Å². The highest BCUT2D eigenvalue weighted by Crippen LogP contribution is 2.31. The van der Waals surface area contributed by atoms with E-state index in [1.54, 1.807) is 12.1 Å². The minimum Gasteiger partial charge on any atom is -0.370 e. The zero-order chi connectivity index (χ0) is 17.1. The van der Waals surface area contributed by atoms with Gasteiger partial charge in [0.05, 0.1) is 28.1 Å². The molecule has 0 bridgehead atoms. The highest BCUT2D eigenvalue weighted by molar-refractivity contribution is 6.33. The second-order valence-electron chi connectivity index (χ2n) is 5.54. The predicted octanol–water partition coefficient (Wildman–Crippen LogP) is 2.68. The van der Waals surface area contributed by atoms with Crippen molar-refractivity contribution in [2.75, 3.05) is 23.3 Å². The maximum absolute atomic E-state index is 12.0. The number of anilines is 2. The van der Waals surface area contributed by atoms with Crippen LogP contribution >= 0.6 is 11.6 Å². The molecule has 0 saturated carbocycles. The first-order valence-corrected chi connectivity index (χ1v) is 7.93. The third kappa shape index (κ3) is 3.65. The number of amides is 1. The molecular weight excluding hydrogens is 334 g/mol. The number of rotatable bonds is 5. The van der Waals surface area contributed by atoms with E-state index in [1.807, 2.05) is 6.07 Å². The Balaban J connectivity index is 1.63. The van der Waals surface area contributed by atoms with Gasteiger partial charge in [0.2, 0.25) is 5.91 Å². The molecule has 0 unspecified atom stereocenters. The van der Waals surface area contributed by atoms with Crippen LogP contribution < -0.4 is 10.2 Å². The molecule has 1 N–H and O–H groups in total. The maximum atomic E-state index is 12.0. The van der Waals surface area contributed by atoms with Crippen molar-refractivity contribution in [1.82, 2.24) is 9.78 Å². The summed E-state index contributed by atoms with van der Waals surface area (Å²) in [6.07, 6.45) is 3.71. The normalized spacial score (nSPS) is 14.0. The van der Waals surface area contributed by atoms with E-state index in [9.17, 15) is 14.9 Å². The van der Waals surface area contributed by atoms with Gasteiger partial charge in [0.15, 0.2) is 0 Å². The molecule has 0 radical (unpaired) electrons. The molecule has 2 aromatic rings. The van der Waals surface area contributed by atoms with Crippen molar-refractivity contribution in [3.63, 3.8) is 0 Å². The third-order valence-electron chi connectivity index (χ3n) is 3.80. The molecule has 0 atom stereocenters. The molecular formula is C15H16ClN5O3. The van der Waals surface area contributed by atoms with Crippen LogP contribution in [0.4, 0.5) is 17.2 Å². The molecule has 9 heteroatoms. The first-order valence-electron chi connectivity index (χ1n) is 7.55. The lowest BCUT2D eigenvalue weighted by Crippen LogP contribution is -2.20. The van der Waals surface area contributed by atoms with E-state index >= 15 is 0 Å². The van der Waals surface area contributed by atoms with E-state index < -0.39 is 4.92 Å². The Morgan fingerprint density at radius 2 is 2.08 bits per heavy atom. The van der Waals surface area contributed by atoms with E-state index in [4.69, 9.17) is 11.6 Å². The van der Waals surface area contributed by atoms with Gasteiger partial charge in [-0.15, -0.1) is 0 Å². The average molecular weight is 350 g/mol. The quantitative estimate of drug-likeness (QED) is 0.661. The molecule has 1 aliphatic rings. The molecule has 1 aromatic heterocycles. The second kappa shape index (κ2) is 6.88. The van der Waals surface area contributed by atoms with Crippen LogP contribution in [0.1, 0.15) is 12.8 Å². The van der Waals surface area contributed by atoms with Gasteiger partial charge in [-0.2, -0.15) is 4.68 Å². The van der Waals surface area contributed by atoms with Gasteiger partial charge in [-0.1, -0.05) is 11.6 Å². The largest absolute Gasteiger partial charge is 0.389 e. The van der Waals surface area contributed by atoms with Gasteiger partial charge in [-0.05, 0) is 36.0 Å². The first-order chi connectivity index (χ1) is 11.5. The Bertz CT molecular complexity index is 770. The number of benzene rings is 1. The number of carbonyl (C=O) groups is 1. The standard InChI is InChI=1S/C15H16ClN5O3/c16-12-9-11(3-4-13(12)19-6-1-2-7-19)17-15(22)10-20-8-5-14(18-20)21(23)24/h3-5,8-9H,1-2,6-7,10H2,(H,17,22). The van der Waals surface area contributed by atoms with Gasteiger partial charge in [-0.25, -0.2) is 0 Å². The number of nitro groups is 1. The molecule has 1 amide bonds. The minimum atomic E-state index is -0.606. The van der Waals surface area contributed by atoms with Crippen LogP contribution in [0.5, 0.6) is 0 Å². The van der Waals surface area contributed by atoms with Gasteiger partial charge in [0.25, 0.3) is 0 Å². The van der Waals surface area contributed by atoms with Gasteiger partial charge < -0.3 is 20.3 Å². The lowest BCUT2D eigenvalue weighted by Gasteiger charge is -2.19. The predicted molar refractivity (Wildman–Crippen MR) is 90.4 cm³/mol. The Hall–Kier alpha value is -2.61. The van der Waals surface area contributed by atoms with Crippen LogP contribution in [0.25, 0.3) is 0 Å². The summed E-state index contributed by atoms with van der Waals surface area (Å²) in [5, 5.41) is 17.6. The van der Waals surface area contributed by atoms with Crippen molar-refractivity contribution >= 4 is 34.7 Å². The monoisotopic (exact) mass is 349 g/mol. The molecule has 0 aliphatic carbocycles. The Morgan fingerprint density at radius 3 is 2.71 bits per heavy atom. The van der Waals surface area contributed by atoms with E-state index in [1.165, 1.54) is 16.9 Å². The summed E-state index contributed by atoms with van der Waals surface area (Å²) in [6, 6.07) is 6.64. The minimum absolute atomic E-state index is 0.112. The van der Waals surface area contributed by atoms with Crippen molar-refractivity contribution in [2.45, 2.75) is 19.4 Å². The summed E-state index contributed by atoms with van der Waals surface area (Å²) in [4.78, 5) is 24.2. The van der Waals surface area contributed by atoms with Gasteiger partial charge in [-0.3, -0.25) is 4.79 Å². The molecule has 126 valence electrons. The van der Waals surface area contributed by atoms with Crippen LogP contribution in [-0.4, -0.2) is 33.7 Å². The topological polar surface area (TPSA) is 93.3 Å². The zero-order valence-electron chi connectivity index (χ0n) is 12.8. The van der Waals surface area contributed by atoms with Gasteiger partial charge >= 0.3 is 5.82 Å². The van der Waals surface area contributed by atoms with Crippen molar-refractivity contribution in [2.24, 2.45) is 0 Å².